The van der Waals surface area contributed by atoms with Crippen LogP contribution in [0, 0.1) is 18.2 Å². The van der Waals surface area contributed by atoms with Crippen LogP contribution in [0.15, 0.2) is 63.5 Å². The molecule has 9 nitrogen and oxygen atoms in total. The average Bonchev–Trinajstić information content (AvgIpc) is 3.02. The molecule has 0 radical (unpaired) electrons. The number of halogens is 2. The number of aliphatic hydroxyl groups is 1. The van der Waals surface area contributed by atoms with E-state index in [4.69, 9.17) is 0 Å². The fourth-order valence-electron chi connectivity index (χ4n) is 4.63. The standard InChI is InChI=1S/C25H27F2N3O6S2/c1-13-10-14(6-8-16(13)26)12-30-22(25(2,3)4)21(31)19(24(30)32)20-23(27)38(35,36)18-11-15(29-37(5,33)34)7-9-17(18)28-20/h6-11,22,28-29,31H,12H2,1-5H3. The lowest BCUT2D eigenvalue weighted by atomic mass is 9.85. The van der Waals surface area contributed by atoms with Gasteiger partial charge in [-0.05, 0) is 47.7 Å². The summed E-state index contributed by atoms with van der Waals surface area (Å²) in [6.07, 6.45) is 0.878. The molecule has 0 saturated heterocycles. The minimum atomic E-state index is -4.81. The van der Waals surface area contributed by atoms with Gasteiger partial charge in [-0.25, -0.2) is 21.2 Å². The first-order valence-corrected chi connectivity index (χ1v) is 14.8. The summed E-state index contributed by atoms with van der Waals surface area (Å²) < 4.78 is 80.8. The van der Waals surface area contributed by atoms with Crippen LogP contribution >= 0.6 is 0 Å². The molecule has 13 heteroatoms. The number of fused-ring (bicyclic) bond motifs is 1. The van der Waals surface area contributed by atoms with Crippen molar-refractivity contribution in [2.45, 2.75) is 45.2 Å². The highest BCUT2D eigenvalue weighted by molar-refractivity contribution is 7.95. The molecule has 3 N–H and O–H groups in total. The van der Waals surface area contributed by atoms with Crippen molar-refractivity contribution in [3.8, 4) is 0 Å². The number of aryl methyl sites for hydroxylation is 1. The molecular weight excluding hydrogens is 540 g/mol. The molecule has 0 saturated carbocycles. The summed E-state index contributed by atoms with van der Waals surface area (Å²) in [4.78, 5) is 14.4. The predicted molar refractivity (Wildman–Crippen MR) is 138 cm³/mol. The zero-order chi connectivity index (χ0) is 28.4. The highest BCUT2D eigenvalue weighted by Crippen LogP contribution is 2.44. The summed E-state index contributed by atoms with van der Waals surface area (Å²) in [5, 5.41) is 12.1. The lowest BCUT2D eigenvalue weighted by Gasteiger charge is -2.35. The second-order valence-corrected chi connectivity index (χ2v) is 14.0. The van der Waals surface area contributed by atoms with Gasteiger partial charge in [0.25, 0.3) is 5.91 Å². The summed E-state index contributed by atoms with van der Waals surface area (Å²) in [5.41, 5.74) is -1.27. The van der Waals surface area contributed by atoms with E-state index in [0.717, 1.165) is 12.3 Å². The highest BCUT2D eigenvalue weighted by Gasteiger charge is 2.49. The summed E-state index contributed by atoms with van der Waals surface area (Å²) >= 11 is 0. The van der Waals surface area contributed by atoms with Crippen molar-refractivity contribution in [1.29, 1.82) is 0 Å². The Morgan fingerprint density at radius 1 is 1.13 bits per heavy atom. The zero-order valence-electron chi connectivity index (χ0n) is 21.3. The van der Waals surface area contributed by atoms with Crippen molar-refractivity contribution in [3.05, 3.63) is 75.5 Å². The third kappa shape index (κ3) is 4.87. The fraction of sp³-hybridized carbons (Fsp3) is 0.320. The molecular formula is C25H27F2N3O6S2. The number of hydrogen-bond donors (Lipinski definition) is 3. The van der Waals surface area contributed by atoms with Crippen LogP contribution in [0.25, 0.3) is 0 Å². The Morgan fingerprint density at radius 2 is 1.79 bits per heavy atom. The molecule has 1 atom stereocenters. The number of carbonyl (C=O) groups excluding carboxylic acids is 1. The van der Waals surface area contributed by atoms with Crippen molar-refractivity contribution < 1.29 is 35.5 Å². The molecule has 0 fully saturated rings. The number of nitrogens with zero attached hydrogens (tertiary/aromatic N) is 1. The van der Waals surface area contributed by atoms with Gasteiger partial charge >= 0.3 is 0 Å². The normalized spacial score (nSPS) is 19.5. The Kier molecular flexibility index (Phi) is 6.59. The van der Waals surface area contributed by atoms with Gasteiger partial charge in [0.2, 0.25) is 25.0 Å². The quantitative estimate of drug-likeness (QED) is 0.495. The number of sulfone groups is 1. The minimum absolute atomic E-state index is 0.0474. The van der Waals surface area contributed by atoms with Crippen LogP contribution in [0.2, 0.25) is 0 Å². The van der Waals surface area contributed by atoms with Crippen LogP contribution in [-0.2, 0) is 31.2 Å². The number of nitrogens with one attached hydrogen (secondary N) is 2. The lowest BCUT2D eigenvalue weighted by molar-refractivity contribution is -0.129. The van der Waals surface area contributed by atoms with E-state index in [-0.39, 0.29) is 17.9 Å². The second kappa shape index (κ2) is 9.09. The summed E-state index contributed by atoms with van der Waals surface area (Å²) in [7, 11) is -8.55. The van der Waals surface area contributed by atoms with Gasteiger partial charge in [0.1, 0.15) is 22.8 Å². The SMILES string of the molecule is Cc1cc(CN2C(=O)C(C3=C(F)S(=O)(=O)c4cc(NS(C)(=O)=O)ccc4N3)=C(O)C2C(C)(C)C)ccc1F. The number of rotatable bonds is 5. The van der Waals surface area contributed by atoms with Crippen LogP contribution in [-0.4, -0.2) is 45.0 Å². The van der Waals surface area contributed by atoms with E-state index in [1.165, 1.54) is 29.2 Å². The molecule has 2 aromatic rings. The first-order chi connectivity index (χ1) is 17.4. The third-order valence-corrected chi connectivity index (χ3v) is 8.41. The van der Waals surface area contributed by atoms with Gasteiger partial charge in [-0.2, -0.15) is 4.39 Å². The maximum absolute atomic E-state index is 15.6. The van der Waals surface area contributed by atoms with Crippen LogP contribution in [0.3, 0.4) is 0 Å². The number of aliphatic hydroxyl groups excluding tert-OH is 1. The van der Waals surface area contributed by atoms with Gasteiger partial charge < -0.3 is 15.3 Å². The molecule has 4 rings (SSSR count). The first-order valence-electron chi connectivity index (χ1n) is 11.4. The van der Waals surface area contributed by atoms with Crippen molar-refractivity contribution >= 4 is 37.1 Å². The summed E-state index contributed by atoms with van der Waals surface area (Å²) in [6, 6.07) is 6.82. The summed E-state index contributed by atoms with van der Waals surface area (Å²) in [6.45, 7) is 6.80. The van der Waals surface area contributed by atoms with Crippen molar-refractivity contribution in [2.24, 2.45) is 5.41 Å². The lowest BCUT2D eigenvalue weighted by Crippen LogP contribution is -2.43. The smallest absolute Gasteiger partial charge is 0.260 e. The molecule has 2 heterocycles. The van der Waals surface area contributed by atoms with E-state index in [2.05, 4.69) is 10.0 Å². The Morgan fingerprint density at radius 3 is 2.37 bits per heavy atom. The number of benzene rings is 2. The van der Waals surface area contributed by atoms with Gasteiger partial charge in [0, 0.05) is 12.2 Å². The van der Waals surface area contributed by atoms with Gasteiger partial charge in [0.05, 0.1) is 22.9 Å². The fourth-order valence-corrected chi connectivity index (χ4v) is 6.49. The Labute approximate surface area is 219 Å². The Balaban J connectivity index is 1.80. The molecule has 0 spiro atoms. The monoisotopic (exact) mass is 567 g/mol. The van der Waals surface area contributed by atoms with E-state index in [0.29, 0.717) is 11.1 Å². The van der Waals surface area contributed by atoms with E-state index in [1.807, 2.05) is 0 Å². The first kappa shape index (κ1) is 27.6. The predicted octanol–water partition coefficient (Wildman–Crippen LogP) is 4.11. The molecule has 0 aliphatic carbocycles. The topological polar surface area (TPSA) is 133 Å². The number of carbonyl (C=O) groups is 1. The van der Waals surface area contributed by atoms with Crippen LogP contribution in [0.5, 0.6) is 0 Å². The zero-order valence-corrected chi connectivity index (χ0v) is 22.9. The van der Waals surface area contributed by atoms with Gasteiger partial charge in [-0.3, -0.25) is 9.52 Å². The van der Waals surface area contributed by atoms with Gasteiger partial charge in [-0.1, -0.05) is 32.9 Å². The number of anilines is 2. The number of amides is 1. The molecule has 0 bridgehead atoms. The number of sulfonamides is 1. The van der Waals surface area contributed by atoms with Crippen molar-refractivity contribution in [2.75, 3.05) is 16.3 Å². The van der Waals surface area contributed by atoms with Gasteiger partial charge in [-0.15, -0.1) is 0 Å². The van der Waals surface area contributed by atoms with Crippen molar-refractivity contribution in [1.82, 2.24) is 4.90 Å². The number of hydrogen-bond acceptors (Lipinski definition) is 7. The average molecular weight is 568 g/mol. The molecule has 0 aromatic heterocycles. The maximum Gasteiger partial charge on any atom is 0.260 e. The second-order valence-electron chi connectivity index (χ2n) is 10.4. The molecule has 2 aromatic carbocycles. The van der Waals surface area contributed by atoms with E-state index in [9.17, 15) is 31.1 Å². The van der Waals surface area contributed by atoms with E-state index >= 15 is 4.39 Å². The van der Waals surface area contributed by atoms with Crippen LogP contribution in [0.4, 0.5) is 20.2 Å². The molecule has 38 heavy (non-hydrogen) atoms. The Bertz CT molecular complexity index is 1640. The van der Waals surface area contributed by atoms with Crippen LogP contribution in [0.1, 0.15) is 31.9 Å². The van der Waals surface area contributed by atoms with E-state index in [1.54, 1.807) is 33.8 Å². The minimum Gasteiger partial charge on any atom is -0.509 e. The third-order valence-electron chi connectivity index (χ3n) is 6.21. The van der Waals surface area contributed by atoms with Crippen LogP contribution < -0.4 is 10.0 Å². The molecule has 2 aliphatic rings. The summed E-state index contributed by atoms with van der Waals surface area (Å²) in [5.74, 6) is -1.74. The van der Waals surface area contributed by atoms with E-state index < -0.39 is 70.1 Å². The van der Waals surface area contributed by atoms with Gasteiger partial charge in [0.15, 0.2) is 0 Å². The molecule has 1 unspecified atom stereocenters. The largest absolute Gasteiger partial charge is 0.509 e. The Hall–Kier alpha value is -3.45. The molecule has 1 amide bonds. The molecule has 204 valence electrons. The molecule has 2 aliphatic heterocycles. The van der Waals surface area contributed by atoms with Crippen molar-refractivity contribution in [3.63, 3.8) is 0 Å². The maximum atomic E-state index is 15.6. The highest BCUT2D eigenvalue weighted by atomic mass is 32.2.